The van der Waals surface area contributed by atoms with E-state index in [1.807, 2.05) is 25.5 Å². The molecule has 1 aromatic heterocycles. The van der Waals surface area contributed by atoms with Gasteiger partial charge in [0.25, 0.3) is 0 Å². The lowest BCUT2D eigenvalue weighted by Gasteiger charge is -2.06. The molecule has 1 aromatic carbocycles. The molecule has 0 N–H and O–H groups in total. The second-order valence-electron chi connectivity index (χ2n) is 4.61. The zero-order valence-corrected chi connectivity index (χ0v) is 11.6. The quantitative estimate of drug-likeness (QED) is 0.791. The molecule has 1 heterocycles. The fourth-order valence-corrected chi connectivity index (χ4v) is 2.33. The molecule has 0 aliphatic rings. The second-order valence-corrected chi connectivity index (χ2v) is 4.61. The van der Waals surface area contributed by atoms with Gasteiger partial charge >= 0.3 is 0 Å². The number of aromatic nitrogens is 2. The molecule has 0 fully saturated rings. The van der Waals surface area contributed by atoms with Crippen molar-refractivity contribution < 1.29 is 9.18 Å². The largest absolute Gasteiger partial charge is 0.295 e. The highest BCUT2D eigenvalue weighted by Gasteiger charge is 2.17. The van der Waals surface area contributed by atoms with Crippen LogP contribution in [0.5, 0.6) is 0 Å². The predicted octanol–water partition coefficient (Wildman–Crippen LogP) is 3.53. The topological polar surface area (TPSA) is 34.9 Å². The summed E-state index contributed by atoms with van der Waals surface area (Å²) in [5, 5.41) is 4.39. The van der Waals surface area contributed by atoms with Crippen LogP contribution in [0.15, 0.2) is 18.2 Å². The zero-order chi connectivity index (χ0) is 14.2. The smallest absolute Gasteiger partial charge is 0.159 e. The third kappa shape index (κ3) is 2.30. The number of Topliss-reactive ketones (excluding diaryl/α,β-unsaturated/α-hetero) is 1. The number of carbonyl (C=O) groups excluding carboxylic acids is 1. The summed E-state index contributed by atoms with van der Waals surface area (Å²) in [5.41, 5.74) is 3.43. The number of hydrogen-bond acceptors (Lipinski definition) is 2. The minimum Gasteiger partial charge on any atom is -0.295 e. The number of halogens is 1. The van der Waals surface area contributed by atoms with Crippen molar-refractivity contribution in [1.29, 1.82) is 0 Å². The lowest BCUT2D eigenvalue weighted by atomic mass is 9.99. The zero-order valence-electron chi connectivity index (χ0n) is 11.6. The fourth-order valence-electron chi connectivity index (χ4n) is 2.33. The van der Waals surface area contributed by atoms with Crippen molar-refractivity contribution in [1.82, 2.24) is 9.78 Å². The molecule has 0 saturated carbocycles. The summed E-state index contributed by atoms with van der Waals surface area (Å²) in [6.45, 7) is 7.98. The average molecular weight is 260 g/mol. The van der Waals surface area contributed by atoms with Gasteiger partial charge in [-0.05, 0) is 45.9 Å². The van der Waals surface area contributed by atoms with E-state index in [0.717, 1.165) is 23.5 Å². The molecule has 2 rings (SSSR count). The molecule has 0 unspecified atom stereocenters. The van der Waals surface area contributed by atoms with Gasteiger partial charge in [0.15, 0.2) is 5.78 Å². The highest BCUT2D eigenvalue weighted by atomic mass is 19.1. The van der Waals surface area contributed by atoms with Crippen molar-refractivity contribution in [2.45, 2.75) is 34.2 Å². The van der Waals surface area contributed by atoms with Crippen molar-refractivity contribution in [2.24, 2.45) is 0 Å². The first-order chi connectivity index (χ1) is 8.95. The van der Waals surface area contributed by atoms with Crippen molar-refractivity contribution in [2.75, 3.05) is 0 Å². The third-order valence-electron chi connectivity index (χ3n) is 3.32. The lowest BCUT2D eigenvalue weighted by Crippen LogP contribution is -1.99. The number of benzene rings is 1. The van der Waals surface area contributed by atoms with Crippen LogP contribution in [-0.4, -0.2) is 15.6 Å². The van der Waals surface area contributed by atoms with E-state index in [1.54, 1.807) is 6.07 Å². The number of carbonyl (C=O) groups is 1. The first-order valence-corrected chi connectivity index (χ1v) is 6.30. The average Bonchev–Trinajstić information content (AvgIpc) is 2.65. The van der Waals surface area contributed by atoms with Gasteiger partial charge in [-0.3, -0.25) is 9.48 Å². The van der Waals surface area contributed by atoms with Crippen LogP contribution in [0.2, 0.25) is 0 Å². The van der Waals surface area contributed by atoms with Crippen molar-refractivity contribution in [3.8, 4) is 11.1 Å². The summed E-state index contributed by atoms with van der Waals surface area (Å²) in [5.74, 6) is -0.397. The van der Waals surface area contributed by atoms with Crippen LogP contribution >= 0.6 is 0 Å². The van der Waals surface area contributed by atoms with E-state index in [1.165, 1.54) is 19.1 Å². The Morgan fingerprint density at radius 2 is 2.05 bits per heavy atom. The molecule has 0 aliphatic heterocycles. The van der Waals surface area contributed by atoms with Crippen LogP contribution in [0.25, 0.3) is 11.1 Å². The molecule has 0 amide bonds. The van der Waals surface area contributed by atoms with Gasteiger partial charge in [-0.15, -0.1) is 0 Å². The van der Waals surface area contributed by atoms with Crippen molar-refractivity contribution in [3.63, 3.8) is 0 Å². The Morgan fingerprint density at radius 3 is 2.58 bits per heavy atom. The first-order valence-electron chi connectivity index (χ1n) is 6.30. The van der Waals surface area contributed by atoms with Crippen LogP contribution in [0, 0.1) is 19.7 Å². The Morgan fingerprint density at radius 1 is 1.37 bits per heavy atom. The van der Waals surface area contributed by atoms with E-state index in [9.17, 15) is 9.18 Å². The van der Waals surface area contributed by atoms with E-state index in [4.69, 9.17) is 0 Å². The van der Waals surface area contributed by atoms with E-state index < -0.39 is 0 Å². The molecule has 0 saturated heterocycles. The fraction of sp³-hybridized carbons (Fsp3) is 0.333. The van der Waals surface area contributed by atoms with Crippen LogP contribution in [0.4, 0.5) is 4.39 Å². The highest BCUT2D eigenvalue weighted by molar-refractivity contribution is 5.95. The normalized spacial score (nSPS) is 10.8. The first kappa shape index (κ1) is 13.5. The van der Waals surface area contributed by atoms with Crippen LogP contribution < -0.4 is 0 Å². The Hall–Kier alpha value is -1.97. The van der Waals surface area contributed by atoms with Crippen LogP contribution in [-0.2, 0) is 6.54 Å². The van der Waals surface area contributed by atoms with Gasteiger partial charge in [0.05, 0.1) is 5.69 Å². The maximum Gasteiger partial charge on any atom is 0.159 e. The van der Waals surface area contributed by atoms with Crippen LogP contribution in [0.3, 0.4) is 0 Å². The van der Waals surface area contributed by atoms with E-state index in [0.29, 0.717) is 11.1 Å². The van der Waals surface area contributed by atoms with Gasteiger partial charge in [0, 0.05) is 28.9 Å². The molecule has 2 aromatic rings. The van der Waals surface area contributed by atoms with Crippen molar-refractivity contribution in [3.05, 3.63) is 41.0 Å². The molecule has 0 atom stereocenters. The number of nitrogens with zero attached hydrogens (tertiary/aromatic N) is 2. The molecule has 3 nitrogen and oxygen atoms in total. The number of aryl methyl sites for hydroxylation is 2. The number of ketones is 1. The summed E-state index contributed by atoms with van der Waals surface area (Å²) < 4.78 is 15.9. The van der Waals surface area contributed by atoms with E-state index in [2.05, 4.69) is 5.10 Å². The molecule has 0 spiro atoms. The summed E-state index contributed by atoms with van der Waals surface area (Å²) in [6.07, 6.45) is 0. The SMILES string of the molecule is CCn1nc(C)c(-c2cc(C(C)=O)ccc2F)c1C. The molecule has 0 aliphatic carbocycles. The van der Waals surface area contributed by atoms with Gasteiger partial charge in [0.2, 0.25) is 0 Å². The third-order valence-corrected chi connectivity index (χ3v) is 3.32. The minimum atomic E-state index is -0.327. The van der Waals surface area contributed by atoms with Gasteiger partial charge in [0.1, 0.15) is 5.82 Å². The molecule has 4 heteroatoms. The monoisotopic (exact) mass is 260 g/mol. The Balaban J connectivity index is 2.68. The molecule has 0 bridgehead atoms. The molecular weight excluding hydrogens is 243 g/mol. The summed E-state index contributed by atoms with van der Waals surface area (Å²) in [6, 6.07) is 4.46. The highest BCUT2D eigenvalue weighted by Crippen LogP contribution is 2.30. The molecule has 19 heavy (non-hydrogen) atoms. The van der Waals surface area contributed by atoms with Gasteiger partial charge < -0.3 is 0 Å². The molecular formula is C15H17FN2O. The number of rotatable bonds is 3. The molecule has 100 valence electrons. The second kappa shape index (κ2) is 4.96. The van der Waals surface area contributed by atoms with E-state index in [-0.39, 0.29) is 11.6 Å². The summed E-state index contributed by atoms with van der Waals surface area (Å²) >= 11 is 0. The minimum absolute atomic E-state index is 0.0700. The summed E-state index contributed by atoms with van der Waals surface area (Å²) in [4.78, 5) is 11.4. The van der Waals surface area contributed by atoms with Gasteiger partial charge in [-0.25, -0.2) is 4.39 Å². The maximum absolute atomic E-state index is 14.0. The lowest BCUT2D eigenvalue weighted by molar-refractivity contribution is 0.101. The van der Waals surface area contributed by atoms with Crippen molar-refractivity contribution >= 4 is 5.78 Å². The van der Waals surface area contributed by atoms with E-state index >= 15 is 0 Å². The molecule has 0 radical (unpaired) electrons. The number of hydrogen-bond donors (Lipinski definition) is 0. The Bertz CT molecular complexity index is 644. The van der Waals surface area contributed by atoms with Gasteiger partial charge in [-0.1, -0.05) is 0 Å². The standard InChI is InChI=1S/C15H17FN2O/c1-5-18-10(3)15(9(2)17-18)13-8-12(11(4)19)6-7-14(13)16/h6-8H,5H2,1-4H3. The predicted molar refractivity (Wildman–Crippen MR) is 72.8 cm³/mol. The van der Waals surface area contributed by atoms with Gasteiger partial charge in [-0.2, -0.15) is 5.10 Å². The Labute approximate surface area is 112 Å². The summed E-state index contributed by atoms with van der Waals surface area (Å²) in [7, 11) is 0. The van der Waals surface area contributed by atoms with Crippen LogP contribution in [0.1, 0.15) is 35.6 Å². The maximum atomic E-state index is 14.0. The Kier molecular flexibility index (Phi) is 3.51.